The average molecular weight is 160 g/mol. The van der Waals surface area contributed by atoms with E-state index in [1.807, 2.05) is 0 Å². The molecule has 0 aromatic heterocycles. The van der Waals surface area contributed by atoms with Gasteiger partial charge in [0.2, 0.25) is 0 Å². The molecule has 3 heteroatoms. The Bertz CT molecular complexity index is 110. The summed E-state index contributed by atoms with van der Waals surface area (Å²) in [6, 6.07) is 0. The van der Waals surface area contributed by atoms with Gasteiger partial charge in [-0.25, -0.2) is 0 Å². The molecule has 0 aromatic rings. The van der Waals surface area contributed by atoms with Crippen molar-refractivity contribution in [3.63, 3.8) is 0 Å². The molecule has 0 spiro atoms. The zero-order valence-corrected chi connectivity index (χ0v) is 7.17. The van der Waals surface area contributed by atoms with Gasteiger partial charge in [-0.3, -0.25) is 4.79 Å². The van der Waals surface area contributed by atoms with Crippen LogP contribution in [-0.4, -0.2) is 24.3 Å². The van der Waals surface area contributed by atoms with Gasteiger partial charge in [0.25, 0.3) is 0 Å². The summed E-state index contributed by atoms with van der Waals surface area (Å²) >= 11 is 0. The fourth-order valence-electron chi connectivity index (χ4n) is 0.811. The Morgan fingerprint density at radius 1 is 1.55 bits per heavy atom. The molecule has 1 atom stereocenters. The summed E-state index contributed by atoms with van der Waals surface area (Å²) in [5, 5.41) is 8.86. The van der Waals surface area contributed by atoms with E-state index in [4.69, 9.17) is 5.11 Å². The lowest BCUT2D eigenvalue weighted by Crippen LogP contribution is -2.02. The second-order valence-electron chi connectivity index (χ2n) is 2.67. The molecule has 0 rings (SSSR count). The van der Waals surface area contributed by atoms with Crippen molar-refractivity contribution in [2.75, 3.05) is 7.11 Å². The number of hydrogen-bond donors (Lipinski definition) is 1. The summed E-state index contributed by atoms with van der Waals surface area (Å²) in [6.07, 6.45) is 2.65. The van der Waals surface area contributed by atoms with E-state index in [9.17, 15) is 4.79 Å². The summed E-state index contributed by atoms with van der Waals surface area (Å²) in [5.74, 6) is -0.171. The molecular weight excluding hydrogens is 144 g/mol. The van der Waals surface area contributed by atoms with E-state index in [1.54, 1.807) is 6.92 Å². The third-order valence-electron chi connectivity index (χ3n) is 1.48. The molecule has 0 aliphatic rings. The van der Waals surface area contributed by atoms with Crippen LogP contribution in [0.1, 0.15) is 32.6 Å². The molecule has 0 fully saturated rings. The highest BCUT2D eigenvalue weighted by molar-refractivity contribution is 5.68. The maximum atomic E-state index is 10.6. The molecule has 0 radical (unpaired) electrons. The molecule has 1 N–H and O–H groups in total. The largest absolute Gasteiger partial charge is 0.469 e. The third kappa shape index (κ3) is 7.33. The third-order valence-corrected chi connectivity index (χ3v) is 1.48. The number of hydrogen-bond acceptors (Lipinski definition) is 3. The SMILES string of the molecule is COC(=O)CCCC[C@H](C)O. The summed E-state index contributed by atoms with van der Waals surface area (Å²) in [6.45, 7) is 1.75. The monoisotopic (exact) mass is 160 g/mol. The van der Waals surface area contributed by atoms with Gasteiger partial charge in [0.1, 0.15) is 0 Å². The minimum Gasteiger partial charge on any atom is -0.469 e. The maximum Gasteiger partial charge on any atom is 0.305 e. The van der Waals surface area contributed by atoms with Crippen LogP contribution in [-0.2, 0) is 9.53 Å². The molecular formula is C8H16O3. The van der Waals surface area contributed by atoms with Gasteiger partial charge in [0.15, 0.2) is 0 Å². The van der Waals surface area contributed by atoms with Crippen LogP contribution in [0.25, 0.3) is 0 Å². The first-order chi connectivity index (χ1) is 5.16. The summed E-state index contributed by atoms with van der Waals surface area (Å²) in [7, 11) is 1.39. The number of unbranched alkanes of at least 4 members (excludes halogenated alkanes) is 1. The van der Waals surface area contributed by atoms with Crippen molar-refractivity contribution < 1.29 is 14.6 Å². The van der Waals surface area contributed by atoms with Gasteiger partial charge in [-0.05, 0) is 19.8 Å². The van der Waals surface area contributed by atoms with Crippen molar-refractivity contribution in [3.05, 3.63) is 0 Å². The molecule has 0 aromatic carbocycles. The Labute approximate surface area is 67.4 Å². The molecule has 0 saturated carbocycles. The molecule has 66 valence electrons. The Balaban J connectivity index is 3.08. The highest BCUT2D eigenvalue weighted by atomic mass is 16.5. The Morgan fingerprint density at radius 3 is 2.64 bits per heavy atom. The molecule has 0 aliphatic carbocycles. The van der Waals surface area contributed by atoms with Crippen LogP contribution in [0.2, 0.25) is 0 Å². The van der Waals surface area contributed by atoms with Crippen LogP contribution < -0.4 is 0 Å². The van der Waals surface area contributed by atoms with E-state index in [1.165, 1.54) is 7.11 Å². The number of carbonyl (C=O) groups is 1. The van der Waals surface area contributed by atoms with Crippen molar-refractivity contribution in [1.29, 1.82) is 0 Å². The van der Waals surface area contributed by atoms with E-state index < -0.39 is 0 Å². The Morgan fingerprint density at radius 2 is 2.18 bits per heavy atom. The van der Waals surface area contributed by atoms with Gasteiger partial charge in [-0.15, -0.1) is 0 Å². The summed E-state index contributed by atoms with van der Waals surface area (Å²) in [5.41, 5.74) is 0. The van der Waals surface area contributed by atoms with Crippen molar-refractivity contribution >= 4 is 5.97 Å². The van der Waals surface area contributed by atoms with Crippen molar-refractivity contribution in [2.24, 2.45) is 0 Å². The molecule has 0 aliphatic heterocycles. The first-order valence-corrected chi connectivity index (χ1v) is 3.91. The molecule has 0 saturated heterocycles. The second kappa shape index (κ2) is 6.16. The van der Waals surface area contributed by atoms with Crippen molar-refractivity contribution in [3.8, 4) is 0 Å². The number of ether oxygens (including phenoxy) is 1. The van der Waals surface area contributed by atoms with Crippen molar-refractivity contribution in [1.82, 2.24) is 0 Å². The zero-order chi connectivity index (χ0) is 8.69. The van der Waals surface area contributed by atoms with E-state index in [-0.39, 0.29) is 12.1 Å². The normalized spacial score (nSPS) is 12.6. The highest BCUT2D eigenvalue weighted by Crippen LogP contribution is 2.03. The molecule has 0 heterocycles. The zero-order valence-electron chi connectivity index (χ0n) is 7.17. The quantitative estimate of drug-likeness (QED) is 0.484. The summed E-state index contributed by atoms with van der Waals surface area (Å²) in [4.78, 5) is 10.6. The van der Waals surface area contributed by atoms with E-state index in [0.717, 1.165) is 19.3 Å². The smallest absolute Gasteiger partial charge is 0.305 e. The summed E-state index contributed by atoms with van der Waals surface area (Å²) < 4.78 is 4.46. The standard InChI is InChI=1S/C8H16O3/c1-7(9)5-3-4-6-8(10)11-2/h7,9H,3-6H2,1-2H3/t7-/m0/s1. The topological polar surface area (TPSA) is 46.5 Å². The fourth-order valence-corrected chi connectivity index (χ4v) is 0.811. The van der Waals surface area contributed by atoms with Gasteiger partial charge in [-0.1, -0.05) is 6.42 Å². The molecule has 0 bridgehead atoms. The second-order valence-corrected chi connectivity index (χ2v) is 2.67. The predicted molar refractivity (Wildman–Crippen MR) is 42.2 cm³/mol. The number of aliphatic hydroxyl groups is 1. The fraction of sp³-hybridized carbons (Fsp3) is 0.875. The van der Waals surface area contributed by atoms with Crippen LogP contribution in [0.4, 0.5) is 0 Å². The minimum absolute atomic E-state index is 0.171. The van der Waals surface area contributed by atoms with E-state index >= 15 is 0 Å². The first-order valence-electron chi connectivity index (χ1n) is 3.91. The van der Waals surface area contributed by atoms with Gasteiger partial charge < -0.3 is 9.84 Å². The van der Waals surface area contributed by atoms with Crippen LogP contribution in [0, 0.1) is 0 Å². The van der Waals surface area contributed by atoms with Crippen LogP contribution >= 0.6 is 0 Å². The molecule has 0 unspecified atom stereocenters. The average Bonchev–Trinajstić information content (AvgIpc) is 1.97. The lowest BCUT2D eigenvalue weighted by Gasteiger charge is -2.02. The number of aliphatic hydroxyl groups excluding tert-OH is 1. The highest BCUT2D eigenvalue weighted by Gasteiger charge is 2.00. The minimum atomic E-state index is -0.257. The van der Waals surface area contributed by atoms with Crippen LogP contribution in [0.3, 0.4) is 0 Å². The van der Waals surface area contributed by atoms with Gasteiger partial charge in [0, 0.05) is 6.42 Å². The number of methoxy groups -OCH3 is 1. The van der Waals surface area contributed by atoms with Crippen molar-refractivity contribution in [2.45, 2.75) is 38.7 Å². The van der Waals surface area contributed by atoms with Gasteiger partial charge in [0.05, 0.1) is 13.2 Å². The predicted octanol–water partition coefficient (Wildman–Crippen LogP) is 1.10. The Kier molecular flexibility index (Phi) is 5.84. The molecule has 3 nitrogen and oxygen atoms in total. The van der Waals surface area contributed by atoms with Gasteiger partial charge >= 0.3 is 5.97 Å². The van der Waals surface area contributed by atoms with Crippen LogP contribution in [0.15, 0.2) is 0 Å². The lowest BCUT2D eigenvalue weighted by molar-refractivity contribution is -0.140. The number of carbonyl (C=O) groups excluding carboxylic acids is 1. The number of esters is 1. The van der Waals surface area contributed by atoms with E-state index in [0.29, 0.717) is 6.42 Å². The molecule has 11 heavy (non-hydrogen) atoms. The Hall–Kier alpha value is -0.570. The molecule has 0 amide bonds. The van der Waals surface area contributed by atoms with E-state index in [2.05, 4.69) is 4.74 Å². The first kappa shape index (κ1) is 10.4. The maximum absolute atomic E-state index is 10.6. The van der Waals surface area contributed by atoms with Crippen LogP contribution in [0.5, 0.6) is 0 Å². The van der Waals surface area contributed by atoms with Gasteiger partial charge in [-0.2, -0.15) is 0 Å². The lowest BCUT2D eigenvalue weighted by atomic mass is 10.1. The number of rotatable bonds is 5.